The molecule has 2 atom stereocenters. The van der Waals surface area contributed by atoms with Crippen molar-refractivity contribution >= 4 is 5.91 Å². The normalized spacial score (nSPS) is 18.1. The number of rotatable bonds is 8. The lowest BCUT2D eigenvalue weighted by molar-refractivity contribution is 0.0784. The van der Waals surface area contributed by atoms with Crippen LogP contribution in [0.1, 0.15) is 44.5 Å². The Kier molecular flexibility index (Phi) is 6.93. The first-order valence-electron chi connectivity index (χ1n) is 9.13. The molecule has 0 radical (unpaired) electrons. The maximum absolute atomic E-state index is 12.9. The van der Waals surface area contributed by atoms with Crippen LogP contribution in [-0.4, -0.2) is 49.8 Å². The molecule has 1 aliphatic rings. The van der Waals surface area contributed by atoms with Crippen LogP contribution in [-0.2, 0) is 0 Å². The Morgan fingerprint density at radius 3 is 2.16 bits per heavy atom. The Balaban J connectivity index is 2.31. The third-order valence-electron chi connectivity index (χ3n) is 4.41. The highest BCUT2D eigenvalue weighted by Crippen LogP contribution is 2.39. The van der Waals surface area contributed by atoms with E-state index in [1.807, 2.05) is 32.6 Å². The number of nitrogens with zero attached hydrogens (tertiary/aromatic N) is 1. The molecule has 1 heterocycles. The van der Waals surface area contributed by atoms with Gasteiger partial charge in [-0.3, -0.25) is 4.79 Å². The summed E-state index contributed by atoms with van der Waals surface area (Å²) in [6.45, 7) is 10.6. The van der Waals surface area contributed by atoms with Gasteiger partial charge in [0.05, 0.1) is 19.8 Å². The molecule has 1 aliphatic heterocycles. The van der Waals surface area contributed by atoms with Gasteiger partial charge in [0.15, 0.2) is 11.5 Å². The smallest absolute Gasteiger partial charge is 0.254 e. The van der Waals surface area contributed by atoms with E-state index in [9.17, 15) is 4.79 Å². The van der Waals surface area contributed by atoms with E-state index in [2.05, 4.69) is 0 Å². The molecule has 1 aromatic rings. The van der Waals surface area contributed by atoms with Crippen molar-refractivity contribution in [3.63, 3.8) is 0 Å². The van der Waals surface area contributed by atoms with Gasteiger partial charge in [-0.15, -0.1) is 0 Å². The number of nitrogens with two attached hydrogens (primary N) is 1. The third-order valence-corrected chi connectivity index (χ3v) is 4.41. The number of benzene rings is 1. The predicted molar refractivity (Wildman–Crippen MR) is 97.6 cm³/mol. The van der Waals surface area contributed by atoms with Crippen LogP contribution in [0.15, 0.2) is 12.1 Å². The summed E-state index contributed by atoms with van der Waals surface area (Å²) >= 11 is 0. The summed E-state index contributed by atoms with van der Waals surface area (Å²) in [6, 6.07) is 3.59. The second kappa shape index (κ2) is 8.94. The summed E-state index contributed by atoms with van der Waals surface area (Å²) in [6.07, 6.45) is 0.942. The molecule has 1 amide bonds. The van der Waals surface area contributed by atoms with E-state index in [4.69, 9.17) is 19.9 Å². The number of carbonyl (C=O) groups excluding carboxylic acids is 1. The average molecular weight is 350 g/mol. The second-order valence-electron chi connectivity index (χ2n) is 6.26. The lowest BCUT2D eigenvalue weighted by atomic mass is 10.0. The summed E-state index contributed by atoms with van der Waals surface area (Å²) in [4.78, 5) is 14.8. The molecular weight excluding hydrogens is 320 g/mol. The molecule has 0 bridgehead atoms. The molecule has 0 aromatic heterocycles. The van der Waals surface area contributed by atoms with Crippen LogP contribution < -0.4 is 19.9 Å². The minimum atomic E-state index is -0.0203. The molecule has 1 saturated heterocycles. The topological polar surface area (TPSA) is 74.0 Å². The molecule has 1 fully saturated rings. The van der Waals surface area contributed by atoms with Crippen LogP contribution in [0, 0.1) is 5.92 Å². The molecule has 0 saturated carbocycles. The summed E-state index contributed by atoms with van der Waals surface area (Å²) in [5.41, 5.74) is 6.54. The van der Waals surface area contributed by atoms with E-state index in [1.165, 1.54) is 0 Å². The van der Waals surface area contributed by atoms with Crippen molar-refractivity contribution in [2.45, 2.75) is 40.2 Å². The molecule has 2 unspecified atom stereocenters. The Bertz CT molecular complexity index is 562. The molecule has 25 heavy (non-hydrogen) atoms. The molecule has 0 aliphatic carbocycles. The van der Waals surface area contributed by atoms with Gasteiger partial charge >= 0.3 is 0 Å². The fraction of sp³-hybridized carbons (Fsp3) is 0.632. The Morgan fingerprint density at radius 1 is 1.16 bits per heavy atom. The Morgan fingerprint density at radius 2 is 1.72 bits per heavy atom. The second-order valence-corrected chi connectivity index (χ2v) is 6.26. The summed E-state index contributed by atoms with van der Waals surface area (Å²) < 4.78 is 17.1. The SMILES string of the molecule is CCOc1cc(C(=O)N2CCC(C(C)N)C2)cc(OCC)c1OCC. The Hall–Kier alpha value is -1.95. The number of hydrogen-bond donors (Lipinski definition) is 1. The van der Waals surface area contributed by atoms with Crippen molar-refractivity contribution in [3.8, 4) is 17.2 Å². The summed E-state index contributed by atoms with van der Waals surface area (Å²) in [5, 5.41) is 0. The van der Waals surface area contributed by atoms with Crippen LogP contribution in [0.2, 0.25) is 0 Å². The van der Waals surface area contributed by atoms with Gasteiger partial charge in [0.25, 0.3) is 5.91 Å². The van der Waals surface area contributed by atoms with Crippen molar-refractivity contribution in [2.24, 2.45) is 11.7 Å². The van der Waals surface area contributed by atoms with Crippen molar-refractivity contribution in [2.75, 3.05) is 32.9 Å². The zero-order chi connectivity index (χ0) is 18.4. The first-order chi connectivity index (χ1) is 12.0. The number of hydrogen-bond acceptors (Lipinski definition) is 5. The molecule has 6 heteroatoms. The standard InChI is InChI=1S/C19H30N2O4/c1-5-23-16-10-15(11-17(24-6-2)18(16)25-7-3)19(22)21-9-8-14(12-21)13(4)20/h10-11,13-14H,5-9,12,20H2,1-4H3. The first kappa shape index (κ1) is 19.4. The maximum Gasteiger partial charge on any atom is 0.254 e. The predicted octanol–water partition coefficient (Wildman–Crippen LogP) is 2.69. The highest BCUT2D eigenvalue weighted by Gasteiger charge is 2.30. The van der Waals surface area contributed by atoms with Gasteiger partial charge in [-0.1, -0.05) is 0 Å². The van der Waals surface area contributed by atoms with Crippen LogP contribution in [0.4, 0.5) is 0 Å². The van der Waals surface area contributed by atoms with Gasteiger partial charge in [-0.05, 0) is 52.2 Å². The van der Waals surface area contributed by atoms with Gasteiger partial charge in [0.1, 0.15) is 0 Å². The van der Waals surface area contributed by atoms with Crippen LogP contribution >= 0.6 is 0 Å². The molecular formula is C19H30N2O4. The van der Waals surface area contributed by atoms with Crippen molar-refractivity contribution < 1.29 is 19.0 Å². The molecule has 0 spiro atoms. The third kappa shape index (κ3) is 4.57. The zero-order valence-electron chi connectivity index (χ0n) is 15.7. The first-order valence-corrected chi connectivity index (χ1v) is 9.13. The van der Waals surface area contributed by atoms with E-state index in [-0.39, 0.29) is 11.9 Å². The van der Waals surface area contributed by atoms with Gasteiger partial charge in [-0.25, -0.2) is 0 Å². The average Bonchev–Trinajstić information content (AvgIpc) is 3.07. The van der Waals surface area contributed by atoms with Gasteiger partial charge < -0.3 is 24.8 Å². The fourth-order valence-electron chi connectivity index (χ4n) is 3.10. The maximum atomic E-state index is 12.9. The van der Waals surface area contributed by atoms with E-state index < -0.39 is 0 Å². The lowest BCUT2D eigenvalue weighted by Crippen LogP contribution is -2.33. The van der Waals surface area contributed by atoms with Crippen molar-refractivity contribution in [1.82, 2.24) is 4.90 Å². The zero-order valence-corrected chi connectivity index (χ0v) is 15.7. The summed E-state index contributed by atoms with van der Waals surface area (Å²) in [5.74, 6) is 1.97. The number of ether oxygens (including phenoxy) is 3. The van der Waals surface area contributed by atoms with Gasteiger partial charge in [0.2, 0.25) is 5.75 Å². The van der Waals surface area contributed by atoms with Gasteiger partial charge in [0, 0.05) is 24.7 Å². The molecule has 1 aromatic carbocycles. The van der Waals surface area contributed by atoms with Crippen LogP contribution in [0.25, 0.3) is 0 Å². The van der Waals surface area contributed by atoms with Crippen LogP contribution in [0.5, 0.6) is 17.2 Å². The molecule has 6 nitrogen and oxygen atoms in total. The summed E-state index contributed by atoms with van der Waals surface area (Å²) in [7, 11) is 0. The van der Waals surface area contributed by atoms with Gasteiger partial charge in [-0.2, -0.15) is 0 Å². The molecule has 2 N–H and O–H groups in total. The minimum Gasteiger partial charge on any atom is -0.490 e. The largest absolute Gasteiger partial charge is 0.490 e. The Labute approximate surface area is 150 Å². The highest BCUT2D eigenvalue weighted by atomic mass is 16.5. The lowest BCUT2D eigenvalue weighted by Gasteiger charge is -2.21. The fourth-order valence-corrected chi connectivity index (χ4v) is 3.10. The van der Waals surface area contributed by atoms with E-state index in [0.717, 1.165) is 13.0 Å². The van der Waals surface area contributed by atoms with E-state index in [0.29, 0.717) is 55.1 Å². The van der Waals surface area contributed by atoms with Crippen LogP contribution in [0.3, 0.4) is 0 Å². The molecule has 140 valence electrons. The molecule has 2 rings (SSSR count). The monoisotopic (exact) mass is 350 g/mol. The van der Waals surface area contributed by atoms with E-state index in [1.54, 1.807) is 12.1 Å². The minimum absolute atomic E-state index is 0.0203. The quantitative estimate of drug-likeness (QED) is 0.780. The van der Waals surface area contributed by atoms with Crippen molar-refractivity contribution in [1.29, 1.82) is 0 Å². The number of likely N-dealkylation sites (tertiary alicyclic amines) is 1. The van der Waals surface area contributed by atoms with Crippen molar-refractivity contribution in [3.05, 3.63) is 17.7 Å². The highest BCUT2D eigenvalue weighted by molar-refractivity contribution is 5.95. The number of amides is 1. The number of carbonyl (C=O) groups is 1. The van der Waals surface area contributed by atoms with E-state index >= 15 is 0 Å².